The highest BCUT2D eigenvalue weighted by atomic mass is 35.5. The fourth-order valence-electron chi connectivity index (χ4n) is 2.76. The van der Waals surface area contributed by atoms with Gasteiger partial charge in [-0.1, -0.05) is 23.4 Å². The maximum atomic E-state index is 12.6. The Labute approximate surface area is 141 Å². The maximum Gasteiger partial charge on any atom is 0.292 e. The Hall–Kier alpha value is -2.40. The van der Waals surface area contributed by atoms with Gasteiger partial charge in [0.15, 0.2) is 12.4 Å². The first-order valence-electron chi connectivity index (χ1n) is 7.33. The first-order chi connectivity index (χ1) is 10.8. The van der Waals surface area contributed by atoms with Crippen LogP contribution < -0.4 is 21.9 Å². The zero-order valence-corrected chi connectivity index (χ0v) is 13.4. The van der Waals surface area contributed by atoms with Gasteiger partial charge in [0.25, 0.3) is 5.91 Å². The van der Waals surface area contributed by atoms with Crippen LogP contribution in [0.3, 0.4) is 0 Å². The number of halogens is 1. The van der Waals surface area contributed by atoms with Gasteiger partial charge in [-0.25, -0.2) is 0 Å². The Morgan fingerprint density at radius 1 is 1.26 bits per heavy atom. The molecule has 0 saturated carbocycles. The van der Waals surface area contributed by atoms with Crippen LogP contribution in [0.15, 0.2) is 53.9 Å². The molecule has 0 spiro atoms. The molecule has 1 N–H and O–H groups in total. The summed E-state index contributed by atoms with van der Waals surface area (Å²) >= 11 is 0. The second-order valence-corrected chi connectivity index (χ2v) is 5.33. The van der Waals surface area contributed by atoms with E-state index in [9.17, 15) is 4.79 Å². The molecule has 0 atom stereocenters. The van der Waals surface area contributed by atoms with E-state index in [0.717, 1.165) is 30.6 Å². The highest BCUT2D eigenvalue weighted by molar-refractivity contribution is 5.93. The molecule has 0 unspecified atom stereocenters. The average Bonchev–Trinajstić information content (AvgIpc) is 2.56. The number of pyridine rings is 1. The lowest BCUT2D eigenvalue weighted by atomic mass is 10.0. The number of amides is 1. The Kier molecular flexibility index (Phi) is 5.71. The monoisotopic (exact) mass is 331 g/mol. The minimum atomic E-state index is 0. The lowest BCUT2D eigenvalue weighted by Gasteiger charge is -2.28. The van der Waals surface area contributed by atoms with Gasteiger partial charge in [0.1, 0.15) is 0 Å². The van der Waals surface area contributed by atoms with Gasteiger partial charge >= 0.3 is 0 Å². The van der Waals surface area contributed by atoms with E-state index < -0.39 is 0 Å². The van der Waals surface area contributed by atoms with Gasteiger partial charge in [0.05, 0.1) is 6.21 Å². The first-order valence-corrected chi connectivity index (χ1v) is 7.33. The molecule has 0 fully saturated rings. The van der Waals surface area contributed by atoms with E-state index in [-0.39, 0.29) is 18.3 Å². The number of hydrogen-bond acceptors (Lipinski definition) is 3. The van der Waals surface area contributed by atoms with Gasteiger partial charge in [0, 0.05) is 29.9 Å². The molecule has 120 valence electrons. The molecule has 1 aliphatic heterocycles. The van der Waals surface area contributed by atoms with Crippen molar-refractivity contribution < 1.29 is 27.0 Å². The summed E-state index contributed by atoms with van der Waals surface area (Å²) in [5.41, 5.74) is 3.06. The number of para-hydroxylation sites is 1. The fourth-order valence-corrected chi connectivity index (χ4v) is 2.76. The number of rotatable bonds is 3. The Morgan fingerprint density at radius 3 is 2.74 bits per heavy atom. The molecule has 1 aliphatic rings. The summed E-state index contributed by atoms with van der Waals surface area (Å²) < 4.78 is 1.83. The molecule has 6 heteroatoms. The van der Waals surface area contributed by atoms with E-state index in [2.05, 4.69) is 11.2 Å². The minimum absolute atomic E-state index is 0. The van der Waals surface area contributed by atoms with E-state index in [1.807, 2.05) is 40.1 Å². The van der Waals surface area contributed by atoms with Crippen molar-refractivity contribution in [3.63, 3.8) is 0 Å². The van der Waals surface area contributed by atoms with E-state index in [1.54, 1.807) is 12.1 Å². The normalized spacial score (nSPS) is 13.5. The number of hydrogen-bond donors (Lipinski definition) is 1. The summed E-state index contributed by atoms with van der Waals surface area (Å²) in [6, 6.07) is 11.7. The molecule has 3 rings (SSSR count). The third kappa shape index (κ3) is 3.87. The summed E-state index contributed by atoms with van der Waals surface area (Å²) in [6.45, 7) is 1.07. The predicted octanol–water partition coefficient (Wildman–Crippen LogP) is -1.23. The average molecular weight is 332 g/mol. The van der Waals surface area contributed by atoms with Crippen molar-refractivity contribution in [1.82, 2.24) is 0 Å². The zero-order chi connectivity index (χ0) is 15.4. The number of fused-ring (bicyclic) bond motifs is 1. The molecule has 0 radical (unpaired) electrons. The highest BCUT2D eigenvalue weighted by Crippen LogP contribution is 2.26. The third-order valence-electron chi connectivity index (χ3n) is 3.85. The van der Waals surface area contributed by atoms with Gasteiger partial charge in [-0.3, -0.25) is 4.79 Å². The molecule has 1 aromatic heterocycles. The summed E-state index contributed by atoms with van der Waals surface area (Å²) in [6.07, 6.45) is 7.00. The van der Waals surface area contributed by atoms with E-state index in [1.165, 1.54) is 11.8 Å². The van der Waals surface area contributed by atoms with Crippen LogP contribution >= 0.6 is 0 Å². The number of benzene rings is 1. The molecule has 23 heavy (non-hydrogen) atoms. The topological polar surface area (TPSA) is 56.8 Å². The quantitative estimate of drug-likeness (QED) is 0.331. The second kappa shape index (κ2) is 7.74. The summed E-state index contributed by atoms with van der Waals surface area (Å²) in [5.74, 6) is 0.0840. The van der Waals surface area contributed by atoms with Gasteiger partial charge in [0.2, 0.25) is 6.54 Å². The molecule has 0 saturated heterocycles. The Balaban J connectivity index is 0.00000192. The number of carbonyl (C=O) groups is 1. The van der Waals surface area contributed by atoms with Crippen LogP contribution in [0.2, 0.25) is 0 Å². The zero-order valence-electron chi connectivity index (χ0n) is 12.6. The van der Waals surface area contributed by atoms with E-state index in [0.29, 0.717) is 6.54 Å². The lowest BCUT2D eigenvalue weighted by molar-refractivity contribution is -0.684. The lowest BCUT2D eigenvalue weighted by Crippen LogP contribution is -3.00. The molecule has 0 aliphatic carbocycles. The van der Waals surface area contributed by atoms with Crippen LogP contribution in [0.1, 0.15) is 17.5 Å². The second-order valence-electron chi connectivity index (χ2n) is 5.33. The number of anilines is 1. The summed E-state index contributed by atoms with van der Waals surface area (Å²) in [5, 5.41) is 11.5. The number of aryl methyl sites for hydroxylation is 1. The van der Waals surface area contributed by atoms with Crippen molar-refractivity contribution in [3.8, 4) is 0 Å². The molecular weight excluding hydrogens is 314 g/mol. The van der Waals surface area contributed by atoms with E-state index in [4.69, 9.17) is 5.21 Å². The summed E-state index contributed by atoms with van der Waals surface area (Å²) in [7, 11) is 0. The number of nitrogens with zero attached hydrogens (tertiary/aromatic N) is 3. The van der Waals surface area contributed by atoms with Crippen LogP contribution in [-0.2, 0) is 17.8 Å². The standard InChI is InChI=1S/C17H17N3O2.ClH/c21-17(13-19-10-7-14(8-11-19)12-18-22)20-9-3-5-15-4-1-2-6-16(15)20;/h1-2,4,6-8,10-12H,3,5,9,13H2;1H. The largest absolute Gasteiger partial charge is 1.00 e. The van der Waals surface area contributed by atoms with Crippen molar-refractivity contribution in [2.24, 2.45) is 5.16 Å². The third-order valence-corrected chi connectivity index (χ3v) is 3.85. The van der Waals surface area contributed by atoms with Crippen molar-refractivity contribution >= 4 is 17.8 Å². The predicted molar refractivity (Wildman–Crippen MR) is 83.1 cm³/mol. The van der Waals surface area contributed by atoms with Gasteiger partial charge < -0.3 is 22.5 Å². The molecule has 1 aromatic carbocycles. The van der Waals surface area contributed by atoms with Gasteiger partial charge in [-0.05, 0) is 24.5 Å². The fraction of sp³-hybridized carbons (Fsp3) is 0.235. The number of oxime groups is 1. The Bertz CT molecular complexity index is 701. The Morgan fingerprint density at radius 2 is 2.00 bits per heavy atom. The van der Waals surface area contributed by atoms with Crippen LogP contribution in [0, 0.1) is 0 Å². The van der Waals surface area contributed by atoms with E-state index >= 15 is 0 Å². The van der Waals surface area contributed by atoms with Gasteiger partial charge in [-0.15, -0.1) is 0 Å². The molecule has 5 nitrogen and oxygen atoms in total. The molecular formula is C17H18ClN3O2. The smallest absolute Gasteiger partial charge is 0.292 e. The SMILES string of the molecule is O=C(C[n+]1ccc(/C=N/O)cc1)N1CCCc2ccccc21.[Cl-]. The molecule has 2 heterocycles. The van der Waals surface area contributed by atoms with Crippen LogP contribution in [-0.4, -0.2) is 23.9 Å². The van der Waals surface area contributed by atoms with Crippen LogP contribution in [0.25, 0.3) is 0 Å². The van der Waals surface area contributed by atoms with Crippen molar-refractivity contribution in [2.75, 3.05) is 11.4 Å². The van der Waals surface area contributed by atoms with Gasteiger partial charge in [-0.2, -0.15) is 4.57 Å². The van der Waals surface area contributed by atoms with Crippen molar-refractivity contribution in [2.45, 2.75) is 19.4 Å². The number of aromatic nitrogens is 1. The van der Waals surface area contributed by atoms with Crippen LogP contribution in [0.5, 0.6) is 0 Å². The molecule has 2 aromatic rings. The van der Waals surface area contributed by atoms with Crippen molar-refractivity contribution in [3.05, 3.63) is 59.9 Å². The van der Waals surface area contributed by atoms with Crippen molar-refractivity contribution in [1.29, 1.82) is 0 Å². The minimum Gasteiger partial charge on any atom is -1.00 e. The van der Waals surface area contributed by atoms with Crippen LogP contribution in [0.4, 0.5) is 5.69 Å². The summed E-state index contributed by atoms with van der Waals surface area (Å²) in [4.78, 5) is 14.4. The molecule has 1 amide bonds. The first kappa shape index (κ1) is 17.0. The maximum absolute atomic E-state index is 12.6. The number of carbonyl (C=O) groups excluding carboxylic acids is 1. The highest BCUT2D eigenvalue weighted by Gasteiger charge is 2.24. The molecule has 0 bridgehead atoms.